The molecule has 0 aliphatic carbocycles. The van der Waals surface area contributed by atoms with Crippen molar-refractivity contribution in [3.8, 4) is 11.8 Å². The van der Waals surface area contributed by atoms with Gasteiger partial charge in [0.2, 0.25) is 0 Å². The second-order valence-electron chi connectivity index (χ2n) is 6.67. The molecule has 2 fully saturated rings. The number of nitrogens with zero attached hydrogens (tertiary/aromatic N) is 2. The molecule has 2 heterocycles. The van der Waals surface area contributed by atoms with Gasteiger partial charge in [-0.05, 0) is 57.5 Å². The fraction of sp³-hybridized carbons (Fsp3) is 0.579. The lowest BCUT2D eigenvalue weighted by Gasteiger charge is -2.28. The van der Waals surface area contributed by atoms with Crippen LogP contribution in [0.4, 0.5) is 0 Å². The minimum Gasteiger partial charge on any atom is -0.303 e. The lowest BCUT2D eigenvalue weighted by molar-refractivity contribution is 0.196. The van der Waals surface area contributed by atoms with Crippen LogP contribution in [0.3, 0.4) is 0 Å². The molecule has 2 atom stereocenters. The van der Waals surface area contributed by atoms with E-state index in [0.717, 1.165) is 16.5 Å². The summed E-state index contributed by atoms with van der Waals surface area (Å²) >= 11 is 6.18. The van der Waals surface area contributed by atoms with Crippen LogP contribution in [0.25, 0.3) is 0 Å². The summed E-state index contributed by atoms with van der Waals surface area (Å²) in [4.78, 5) is 5.05. The van der Waals surface area contributed by atoms with Gasteiger partial charge >= 0.3 is 0 Å². The molecule has 0 aromatic heterocycles. The molecular formula is C19H25ClN2. The number of likely N-dealkylation sites (tertiary alicyclic amines) is 2. The number of rotatable bonds is 2. The number of benzene rings is 1. The third-order valence-electron chi connectivity index (χ3n) is 4.85. The largest absolute Gasteiger partial charge is 0.303 e. The predicted octanol–water partition coefficient (Wildman–Crippen LogP) is 3.50. The first kappa shape index (κ1) is 15.9. The van der Waals surface area contributed by atoms with Crippen LogP contribution in [0.2, 0.25) is 5.02 Å². The molecule has 1 aromatic carbocycles. The van der Waals surface area contributed by atoms with Crippen molar-refractivity contribution in [2.75, 3.05) is 33.2 Å². The zero-order valence-corrected chi connectivity index (χ0v) is 14.1. The van der Waals surface area contributed by atoms with Crippen molar-refractivity contribution in [2.24, 2.45) is 5.92 Å². The molecule has 1 aromatic rings. The first-order chi connectivity index (χ1) is 10.7. The number of hydrogen-bond donors (Lipinski definition) is 0. The summed E-state index contributed by atoms with van der Waals surface area (Å²) in [6, 6.07) is 8.21. The Morgan fingerprint density at radius 2 is 1.95 bits per heavy atom. The summed E-state index contributed by atoms with van der Waals surface area (Å²) in [6.45, 7) is 4.99. The maximum Gasteiger partial charge on any atom is 0.0719 e. The van der Waals surface area contributed by atoms with Crippen LogP contribution in [0.1, 0.15) is 31.2 Å². The maximum atomic E-state index is 6.18. The molecule has 2 aliphatic rings. The van der Waals surface area contributed by atoms with Crippen molar-refractivity contribution in [3.05, 3.63) is 34.9 Å². The van der Waals surface area contributed by atoms with Crippen LogP contribution in [0.5, 0.6) is 0 Å². The fourth-order valence-corrected chi connectivity index (χ4v) is 3.82. The SMILES string of the molecule is CN1C[C@H](CN2CCCCC2)C[C@@H]1C#Cc1ccccc1Cl. The van der Waals surface area contributed by atoms with Gasteiger partial charge in [-0.1, -0.05) is 42.0 Å². The van der Waals surface area contributed by atoms with Gasteiger partial charge in [-0.25, -0.2) is 0 Å². The van der Waals surface area contributed by atoms with E-state index in [1.165, 1.54) is 51.9 Å². The Morgan fingerprint density at radius 1 is 1.18 bits per heavy atom. The van der Waals surface area contributed by atoms with Gasteiger partial charge in [0.05, 0.1) is 11.1 Å². The summed E-state index contributed by atoms with van der Waals surface area (Å²) in [7, 11) is 2.20. The highest BCUT2D eigenvalue weighted by Gasteiger charge is 2.29. The van der Waals surface area contributed by atoms with E-state index >= 15 is 0 Å². The topological polar surface area (TPSA) is 6.48 Å². The smallest absolute Gasteiger partial charge is 0.0719 e. The lowest BCUT2D eigenvalue weighted by Crippen LogP contribution is -2.34. The van der Waals surface area contributed by atoms with Crippen LogP contribution < -0.4 is 0 Å². The van der Waals surface area contributed by atoms with E-state index in [4.69, 9.17) is 11.6 Å². The van der Waals surface area contributed by atoms with Gasteiger partial charge in [0, 0.05) is 18.7 Å². The average Bonchev–Trinajstić information content (AvgIpc) is 2.87. The van der Waals surface area contributed by atoms with Gasteiger partial charge in [-0.2, -0.15) is 0 Å². The number of halogens is 1. The van der Waals surface area contributed by atoms with Gasteiger partial charge in [0.15, 0.2) is 0 Å². The monoisotopic (exact) mass is 316 g/mol. The lowest BCUT2D eigenvalue weighted by atomic mass is 10.0. The zero-order valence-electron chi connectivity index (χ0n) is 13.4. The number of hydrogen-bond acceptors (Lipinski definition) is 2. The Bertz CT molecular complexity index is 554. The van der Waals surface area contributed by atoms with Gasteiger partial charge < -0.3 is 4.90 Å². The highest BCUT2D eigenvalue weighted by atomic mass is 35.5. The Labute approximate surface area is 139 Å². The van der Waals surface area contributed by atoms with E-state index in [-0.39, 0.29) is 0 Å². The molecule has 2 nitrogen and oxygen atoms in total. The molecule has 0 radical (unpaired) electrons. The molecule has 3 rings (SSSR count). The molecule has 2 saturated heterocycles. The molecule has 2 aliphatic heterocycles. The minimum atomic E-state index is 0.367. The Hall–Kier alpha value is -1.01. The second kappa shape index (κ2) is 7.51. The van der Waals surface area contributed by atoms with Crippen molar-refractivity contribution < 1.29 is 0 Å². The van der Waals surface area contributed by atoms with Crippen LogP contribution in [0.15, 0.2) is 24.3 Å². The van der Waals surface area contributed by atoms with E-state index < -0.39 is 0 Å². The van der Waals surface area contributed by atoms with E-state index in [9.17, 15) is 0 Å². The Balaban J connectivity index is 1.58. The summed E-state index contributed by atoms with van der Waals surface area (Å²) in [5.41, 5.74) is 0.942. The van der Waals surface area contributed by atoms with Crippen molar-refractivity contribution in [3.63, 3.8) is 0 Å². The molecule has 118 valence electrons. The normalized spacial score (nSPS) is 26.6. The highest BCUT2D eigenvalue weighted by Crippen LogP contribution is 2.24. The minimum absolute atomic E-state index is 0.367. The Morgan fingerprint density at radius 3 is 2.73 bits per heavy atom. The van der Waals surface area contributed by atoms with Crippen LogP contribution in [-0.2, 0) is 0 Å². The van der Waals surface area contributed by atoms with Gasteiger partial charge in [0.1, 0.15) is 0 Å². The van der Waals surface area contributed by atoms with Crippen LogP contribution in [0, 0.1) is 17.8 Å². The predicted molar refractivity (Wildman–Crippen MR) is 93.1 cm³/mol. The molecule has 0 bridgehead atoms. The second-order valence-corrected chi connectivity index (χ2v) is 7.07. The third kappa shape index (κ3) is 4.04. The molecule has 0 spiro atoms. The van der Waals surface area contributed by atoms with Crippen LogP contribution in [-0.4, -0.2) is 49.1 Å². The average molecular weight is 317 g/mol. The van der Waals surface area contributed by atoms with E-state index in [0.29, 0.717) is 6.04 Å². The highest BCUT2D eigenvalue weighted by molar-refractivity contribution is 6.31. The first-order valence-corrected chi connectivity index (χ1v) is 8.79. The summed E-state index contributed by atoms with van der Waals surface area (Å²) in [6.07, 6.45) is 5.34. The number of piperidine rings is 1. The summed E-state index contributed by atoms with van der Waals surface area (Å²) < 4.78 is 0. The Kier molecular flexibility index (Phi) is 5.41. The maximum absolute atomic E-state index is 6.18. The fourth-order valence-electron chi connectivity index (χ4n) is 3.64. The molecule has 0 saturated carbocycles. The first-order valence-electron chi connectivity index (χ1n) is 8.41. The molecular weight excluding hydrogens is 292 g/mol. The zero-order chi connectivity index (χ0) is 15.4. The molecule has 3 heteroatoms. The van der Waals surface area contributed by atoms with Gasteiger partial charge in [0.25, 0.3) is 0 Å². The van der Waals surface area contributed by atoms with E-state index in [1.54, 1.807) is 0 Å². The van der Waals surface area contributed by atoms with Crippen molar-refractivity contribution >= 4 is 11.6 Å². The summed E-state index contributed by atoms with van der Waals surface area (Å²) in [5.74, 6) is 7.46. The van der Waals surface area contributed by atoms with E-state index in [1.807, 2.05) is 24.3 Å². The standard InChI is InChI=1S/C19H25ClN2/c1-21-14-16(15-22-11-5-2-6-12-22)13-18(21)10-9-17-7-3-4-8-19(17)20/h3-4,7-8,16,18H,2,5-6,11-15H2,1H3/t16-,18+/m1/s1. The molecule has 0 N–H and O–H groups in total. The van der Waals surface area contributed by atoms with Gasteiger partial charge in [-0.15, -0.1) is 0 Å². The summed E-state index contributed by atoms with van der Waals surface area (Å²) in [5, 5.41) is 0.750. The molecule has 0 unspecified atom stereocenters. The van der Waals surface area contributed by atoms with Crippen LogP contribution >= 0.6 is 11.6 Å². The molecule has 22 heavy (non-hydrogen) atoms. The van der Waals surface area contributed by atoms with Crippen molar-refractivity contribution in [1.29, 1.82) is 0 Å². The van der Waals surface area contributed by atoms with E-state index in [2.05, 4.69) is 28.7 Å². The third-order valence-corrected chi connectivity index (χ3v) is 5.18. The van der Waals surface area contributed by atoms with Crippen molar-refractivity contribution in [1.82, 2.24) is 9.80 Å². The van der Waals surface area contributed by atoms with Crippen molar-refractivity contribution in [2.45, 2.75) is 31.7 Å². The quantitative estimate of drug-likeness (QED) is 0.771. The molecule has 0 amide bonds. The van der Waals surface area contributed by atoms with Gasteiger partial charge in [-0.3, -0.25) is 4.90 Å².